The largest absolute Gasteiger partial charge is 0.492 e. The Labute approximate surface area is 291 Å². The number of aryl methyl sites for hydroxylation is 1. The Hall–Kier alpha value is -1.93. The second kappa shape index (κ2) is 33.0. The van der Waals surface area contributed by atoms with Gasteiger partial charge in [0.15, 0.2) is 0 Å². The van der Waals surface area contributed by atoms with Crippen LogP contribution in [0.25, 0.3) is 0 Å². The van der Waals surface area contributed by atoms with Gasteiger partial charge in [-0.3, -0.25) is 0 Å². The number of ether oxygens (including phenoxy) is 2. The summed E-state index contributed by atoms with van der Waals surface area (Å²) >= 11 is 6.67. The fourth-order valence-electron chi connectivity index (χ4n) is 5.46. The molecule has 0 aromatic heterocycles. The predicted octanol–water partition coefficient (Wildman–Crippen LogP) is 15.0. The number of hydrogen-bond donors (Lipinski definition) is 0. The number of benzene rings is 1. The molecule has 0 aliphatic carbocycles. The van der Waals surface area contributed by atoms with Crippen molar-refractivity contribution in [3.8, 4) is 11.5 Å². The maximum absolute atomic E-state index is 6.67. The van der Waals surface area contributed by atoms with Crippen molar-refractivity contribution < 1.29 is 9.47 Å². The van der Waals surface area contributed by atoms with Crippen LogP contribution in [0.1, 0.15) is 174 Å². The quantitative estimate of drug-likeness (QED) is 0.0568. The number of allylic oxidation sites excluding steroid dienone is 8. The molecule has 0 radical (unpaired) electrons. The van der Waals surface area contributed by atoms with Gasteiger partial charge in [-0.1, -0.05) is 151 Å². The van der Waals surface area contributed by atoms with E-state index in [0.717, 1.165) is 42.7 Å². The Morgan fingerprint density at radius 2 is 0.783 bits per heavy atom. The monoisotopic (exact) mass is 655 g/mol. The molecule has 46 heavy (non-hydrogen) atoms. The number of hydrogen-bond acceptors (Lipinski definition) is 2. The lowest BCUT2D eigenvalue weighted by molar-refractivity contribution is 0.289. The summed E-state index contributed by atoms with van der Waals surface area (Å²) in [5.74, 6) is 1.52. The van der Waals surface area contributed by atoms with Crippen LogP contribution in [0.3, 0.4) is 0 Å². The highest BCUT2D eigenvalue weighted by Gasteiger charge is 2.10. The van der Waals surface area contributed by atoms with Crippen LogP contribution in [0.15, 0.2) is 60.7 Å². The molecule has 2 nitrogen and oxygen atoms in total. The minimum atomic E-state index is 0.616. The minimum absolute atomic E-state index is 0.616. The third-order valence-electron chi connectivity index (χ3n) is 8.36. The Morgan fingerprint density at radius 1 is 0.457 bits per heavy atom. The Morgan fingerprint density at radius 3 is 1.15 bits per heavy atom. The normalized spacial score (nSPS) is 12.1. The Bertz CT molecular complexity index is 858. The van der Waals surface area contributed by atoms with Crippen LogP contribution >= 0.6 is 11.6 Å². The average molecular weight is 655 g/mol. The van der Waals surface area contributed by atoms with E-state index in [0.29, 0.717) is 18.2 Å². The van der Waals surface area contributed by atoms with E-state index in [1.165, 1.54) is 128 Å². The molecule has 3 heteroatoms. The summed E-state index contributed by atoms with van der Waals surface area (Å²) in [6.07, 6.45) is 48.6. The van der Waals surface area contributed by atoms with Gasteiger partial charge in [0.1, 0.15) is 16.5 Å². The summed E-state index contributed by atoms with van der Waals surface area (Å²) < 4.78 is 12.2. The smallest absolute Gasteiger partial charge is 0.141 e. The fourth-order valence-corrected chi connectivity index (χ4v) is 5.68. The van der Waals surface area contributed by atoms with Crippen LogP contribution in [-0.4, -0.2) is 13.2 Å². The van der Waals surface area contributed by atoms with Crippen molar-refractivity contribution in [2.75, 3.05) is 13.2 Å². The molecule has 1 aromatic rings. The SMILES string of the molecule is CCCCC/C=C\C/C=C\CCCCCCCCOc1cc(C)cc(OCCCCCCCC/C=C\C/C=C\CCCCC)c1Cl. The topological polar surface area (TPSA) is 18.5 Å². The molecule has 0 bridgehead atoms. The van der Waals surface area contributed by atoms with Crippen LogP contribution in [0.4, 0.5) is 0 Å². The van der Waals surface area contributed by atoms with Crippen molar-refractivity contribution >= 4 is 11.6 Å². The van der Waals surface area contributed by atoms with E-state index < -0.39 is 0 Å². The molecule has 0 spiro atoms. The highest BCUT2D eigenvalue weighted by molar-refractivity contribution is 6.33. The maximum Gasteiger partial charge on any atom is 0.141 e. The fraction of sp³-hybridized carbons (Fsp3) is 0.674. The van der Waals surface area contributed by atoms with Crippen molar-refractivity contribution in [3.63, 3.8) is 0 Å². The zero-order valence-electron chi connectivity index (χ0n) is 30.4. The van der Waals surface area contributed by atoms with Gasteiger partial charge < -0.3 is 9.47 Å². The van der Waals surface area contributed by atoms with Crippen molar-refractivity contribution in [2.45, 2.75) is 175 Å². The summed E-state index contributed by atoms with van der Waals surface area (Å²) in [6.45, 7) is 8.02. The van der Waals surface area contributed by atoms with E-state index in [9.17, 15) is 0 Å². The standard InChI is InChI=1S/C43H71ClO2/c1-4-6-8-10-12-14-16-18-20-22-24-26-28-30-32-34-36-45-41-38-40(3)39-42(43(41)44)46-37-35-33-31-29-27-25-23-21-19-17-15-13-11-9-7-5-2/h12-15,18-21,38-39H,4-11,16-17,22-37H2,1-3H3/b14-12-,15-13-,20-18-,21-19-. The number of unbranched alkanes of at least 4 members (excludes halogenated alkanes) is 18. The van der Waals surface area contributed by atoms with E-state index in [1.807, 2.05) is 12.1 Å². The maximum atomic E-state index is 6.67. The first-order valence-electron chi connectivity index (χ1n) is 19.3. The van der Waals surface area contributed by atoms with Crippen molar-refractivity contribution in [1.29, 1.82) is 0 Å². The third-order valence-corrected chi connectivity index (χ3v) is 8.73. The van der Waals surface area contributed by atoms with E-state index in [2.05, 4.69) is 69.4 Å². The van der Waals surface area contributed by atoms with Crippen molar-refractivity contribution in [1.82, 2.24) is 0 Å². The van der Waals surface area contributed by atoms with E-state index in [1.54, 1.807) is 0 Å². The highest BCUT2D eigenvalue weighted by Crippen LogP contribution is 2.36. The molecule has 0 saturated carbocycles. The average Bonchev–Trinajstić information content (AvgIpc) is 3.05. The van der Waals surface area contributed by atoms with Gasteiger partial charge in [0, 0.05) is 0 Å². The molecule has 0 atom stereocenters. The first kappa shape index (κ1) is 42.1. The lowest BCUT2D eigenvalue weighted by Crippen LogP contribution is -2.02. The predicted molar refractivity (Wildman–Crippen MR) is 206 cm³/mol. The number of halogens is 1. The van der Waals surface area contributed by atoms with Gasteiger partial charge in [-0.15, -0.1) is 0 Å². The first-order chi connectivity index (χ1) is 22.7. The Kier molecular flexibility index (Phi) is 30.2. The molecule has 1 rings (SSSR count). The van der Waals surface area contributed by atoms with E-state index in [4.69, 9.17) is 21.1 Å². The summed E-state index contributed by atoms with van der Waals surface area (Å²) in [5.41, 5.74) is 1.13. The molecule has 262 valence electrons. The van der Waals surface area contributed by atoms with Crippen LogP contribution in [0, 0.1) is 6.92 Å². The van der Waals surface area contributed by atoms with Crippen molar-refractivity contribution in [2.24, 2.45) is 0 Å². The molecule has 0 N–H and O–H groups in total. The van der Waals surface area contributed by atoms with Crippen molar-refractivity contribution in [3.05, 3.63) is 71.3 Å². The lowest BCUT2D eigenvalue weighted by atomic mass is 10.1. The molecule has 0 fully saturated rings. The lowest BCUT2D eigenvalue weighted by Gasteiger charge is -2.14. The molecular formula is C43H71ClO2. The number of rotatable bonds is 32. The molecule has 0 heterocycles. The van der Waals surface area contributed by atoms with Gasteiger partial charge in [-0.2, -0.15) is 0 Å². The van der Waals surface area contributed by atoms with Crippen LogP contribution in [0.5, 0.6) is 11.5 Å². The molecule has 0 unspecified atom stereocenters. The van der Waals surface area contributed by atoms with Crippen LogP contribution < -0.4 is 9.47 Å². The molecule has 0 aliphatic rings. The summed E-state index contributed by atoms with van der Waals surface area (Å²) in [6, 6.07) is 4.07. The van der Waals surface area contributed by atoms with E-state index in [-0.39, 0.29) is 0 Å². The van der Waals surface area contributed by atoms with Gasteiger partial charge in [-0.05, 0) is 102 Å². The van der Waals surface area contributed by atoms with Gasteiger partial charge in [0.2, 0.25) is 0 Å². The minimum Gasteiger partial charge on any atom is -0.492 e. The first-order valence-corrected chi connectivity index (χ1v) is 19.7. The van der Waals surface area contributed by atoms with Gasteiger partial charge >= 0.3 is 0 Å². The van der Waals surface area contributed by atoms with Crippen LogP contribution in [-0.2, 0) is 0 Å². The Balaban J connectivity index is 2.04. The summed E-state index contributed by atoms with van der Waals surface area (Å²) in [7, 11) is 0. The molecule has 1 aromatic carbocycles. The highest BCUT2D eigenvalue weighted by atomic mass is 35.5. The molecule has 0 aliphatic heterocycles. The second-order valence-electron chi connectivity index (χ2n) is 12.9. The zero-order valence-corrected chi connectivity index (χ0v) is 31.1. The summed E-state index contributed by atoms with van der Waals surface area (Å²) in [4.78, 5) is 0. The van der Waals surface area contributed by atoms with Gasteiger partial charge in [0.05, 0.1) is 13.2 Å². The second-order valence-corrected chi connectivity index (χ2v) is 13.3. The van der Waals surface area contributed by atoms with E-state index >= 15 is 0 Å². The molecular weight excluding hydrogens is 584 g/mol. The molecule has 0 saturated heterocycles. The zero-order chi connectivity index (χ0) is 33.2. The van der Waals surface area contributed by atoms with Gasteiger partial charge in [-0.25, -0.2) is 0 Å². The summed E-state index contributed by atoms with van der Waals surface area (Å²) in [5, 5.41) is 0.616. The third kappa shape index (κ3) is 26.2. The van der Waals surface area contributed by atoms with Gasteiger partial charge in [0.25, 0.3) is 0 Å². The van der Waals surface area contributed by atoms with Crippen LogP contribution in [0.2, 0.25) is 5.02 Å². The molecule has 0 amide bonds.